The summed E-state index contributed by atoms with van der Waals surface area (Å²) in [6.07, 6.45) is 1.55. The molecule has 84 valence electrons. The Balaban J connectivity index is 1.92. The van der Waals surface area contributed by atoms with Gasteiger partial charge in [-0.1, -0.05) is 13.8 Å². The lowest BCUT2D eigenvalue weighted by Gasteiger charge is -2.19. The van der Waals surface area contributed by atoms with Crippen LogP contribution in [0.25, 0.3) is 0 Å². The summed E-state index contributed by atoms with van der Waals surface area (Å²) < 4.78 is 0. The molecular weight excluding hydrogens is 194 g/mol. The molecule has 1 amide bonds. The van der Waals surface area contributed by atoms with Gasteiger partial charge in [0.15, 0.2) is 0 Å². The molecule has 1 saturated heterocycles. The molecule has 1 aliphatic heterocycles. The Labute approximate surface area is 89.3 Å². The average Bonchev–Trinajstić information content (AvgIpc) is 2.84. The van der Waals surface area contributed by atoms with Gasteiger partial charge in [-0.05, 0) is 18.3 Å². The Morgan fingerprint density at radius 1 is 1.33 bits per heavy atom. The van der Waals surface area contributed by atoms with Gasteiger partial charge in [-0.2, -0.15) is 0 Å². The van der Waals surface area contributed by atoms with Gasteiger partial charge in [-0.15, -0.1) is 0 Å². The van der Waals surface area contributed by atoms with Crippen LogP contribution < -0.4 is 0 Å². The fraction of sp³-hybridized carbons (Fsp3) is 0.818. The number of carboxylic acids is 1. The van der Waals surface area contributed by atoms with Gasteiger partial charge in [0.1, 0.15) is 0 Å². The predicted molar refractivity (Wildman–Crippen MR) is 54.2 cm³/mol. The van der Waals surface area contributed by atoms with E-state index in [0.717, 1.165) is 19.5 Å². The van der Waals surface area contributed by atoms with Crippen molar-refractivity contribution in [1.82, 2.24) is 4.90 Å². The van der Waals surface area contributed by atoms with Gasteiger partial charge in [0.05, 0.1) is 11.8 Å². The average molecular weight is 211 g/mol. The molecule has 2 unspecified atom stereocenters. The molecule has 0 aromatic heterocycles. The molecule has 2 atom stereocenters. The van der Waals surface area contributed by atoms with Gasteiger partial charge in [-0.3, -0.25) is 9.59 Å². The minimum absolute atomic E-state index is 0.0491. The van der Waals surface area contributed by atoms with Crippen LogP contribution in [0, 0.1) is 17.3 Å². The molecule has 0 aromatic carbocycles. The second-order valence-electron chi connectivity index (χ2n) is 5.46. The third kappa shape index (κ3) is 1.98. The van der Waals surface area contributed by atoms with Gasteiger partial charge >= 0.3 is 5.97 Å². The fourth-order valence-corrected chi connectivity index (χ4v) is 2.28. The van der Waals surface area contributed by atoms with Crippen molar-refractivity contribution < 1.29 is 14.7 Å². The highest BCUT2D eigenvalue weighted by Gasteiger charge is 2.51. The minimum atomic E-state index is -0.827. The molecule has 2 fully saturated rings. The molecule has 4 heteroatoms. The van der Waals surface area contributed by atoms with Gasteiger partial charge in [0.2, 0.25) is 5.91 Å². The smallest absolute Gasteiger partial charge is 0.307 e. The number of carbonyl (C=O) groups is 2. The zero-order valence-electron chi connectivity index (χ0n) is 9.19. The first-order valence-corrected chi connectivity index (χ1v) is 5.42. The summed E-state index contributed by atoms with van der Waals surface area (Å²) in [7, 11) is 0. The van der Waals surface area contributed by atoms with Gasteiger partial charge in [-0.25, -0.2) is 0 Å². The van der Waals surface area contributed by atoms with Crippen LogP contribution in [0.2, 0.25) is 0 Å². The van der Waals surface area contributed by atoms with Crippen LogP contribution in [0.1, 0.15) is 26.7 Å². The van der Waals surface area contributed by atoms with Crippen molar-refractivity contribution in [3.63, 3.8) is 0 Å². The van der Waals surface area contributed by atoms with Crippen LogP contribution in [0.15, 0.2) is 0 Å². The Kier molecular flexibility index (Phi) is 2.24. The Hall–Kier alpha value is -1.06. The maximum absolute atomic E-state index is 11.9. The molecule has 1 saturated carbocycles. The van der Waals surface area contributed by atoms with Crippen molar-refractivity contribution >= 4 is 11.9 Å². The molecule has 0 radical (unpaired) electrons. The van der Waals surface area contributed by atoms with E-state index in [0.29, 0.717) is 6.42 Å². The molecule has 1 heterocycles. The number of nitrogens with zero attached hydrogens (tertiary/aromatic N) is 1. The molecule has 1 N–H and O–H groups in total. The van der Waals surface area contributed by atoms with E-state index in [9.17, 15) is 9.59 Å². The fourth-order valence-electron chi connectivity index (χ4n) is 2.28. The normalized spacial score (nSPS) is 32.8. The lowest BCUT2D eigenvalue weighted by molar-refractivity contribution is -0.141. The van der Waals surface area contributed by atoms with Crippen LogP contribution in [-0.2, 0) is 9.59 Å². The van der Waals surface area contributed by atoms with Crippen molar-refractivity contribution in [2.24, 2.45) is 17.3 Å². The number of hydrogen-bond acceptors (Lipinski definition) is 2. The zero-order chi connectivity index (χ0) is 11.2. The second-order valence-corrected chi connectivity index (χ2v) is 5.46. The first-order valence-electron chi connectivity index (χ1n) is 5.42. The summed E-state index contributed by atoms with van der Waals surface area (Å²) in [5, 5.41) is 8.75. The van der Waals surface area contributed by atoms with Crippen molar-refractivity contribution in [3.05, 3.63) is 0 Å². The number of carboxylic acid groups (broad SMARTS) is 1. The summed E-state index contributed by atoms with van der Waals surface area (Å²) in [5.74, 6) is -1.43. The lowest BCUT2D eigenvalue weighted by atomic mass is 9.93. The van der Waals surface area contributed by atoms with E-state index in [4.69, 9.17) is 5.11 Å². The van der Waals surface area contributed by atoms with Crippen molar-refractivity contribution in [3.8, 4) is 0 Å². The highest BCUT2D eigenvalue weighted by atomic mass is 16.4. The van der Waals surface area contributed by atoms with Crippen LogP contribution in [-0.4, -0.2) is 35.0 Å². The number of aliphatic carboxylic acids is 1. The highest BCUT2D eigenvalue weighted by molar-refractivity contribution is 5.89. The molecule has 4 nitrogen and oxygen atoms in total. The third-order valence-electron chi connectivity index (χ3n) is 3.41. The van der Waals surface area contributed by atoms with Crippen LogP contribution in [0.5, 0.6) is 0 Å². The molecule has 2 rings (SSSR count). The minimum Gasteiger partial charge on any atom is -0.481 e. The molecule has 1 aliphatic carbocycles. The second kappa shape index (κ2) is 3.22. The number of hydrogen-bond donors (Lipinski definition) is 1. The summed E-state index contributed by atoms with van der Waals surface area (Å²) >= 11 is 0. The topological polar surface area (TPSA) is 57.6 Å². The van der Waals surface area contributed by atoms with Crippen molar-refractivity contribution in [2.75, 3.05) is 13.1 Å². The van der Waals surface area contributed by atoms with Gasteiger partial charge in [0, 0.05) is 13.1 Å². The summed E-state index contributed by atoms with van der Waals surface area (Å²) in [6.45, 7) is 5.84. The highest BCUT2D eigenvalue weighted by Crippen LogP contribution is 2.42. The van der Waals surface area contributed by atoms with E-state index in [-0.39, 0.29) is 17.2 Å². The van der Waals surface area contributed by atoms with Gasteiger partial charge in [0.25, 0.3) is 0 Å². The SMILES string of the molecule is CC1(C)CCN(C(=O)C2CC2C(=O)O)C1. The Morgan fingerprint density at radius 2 is 2.00 bits per heavy atom. The number of rotatable bonds is 2. The van der Waals surface area contributed by atoms with E-state index in [1.54, 1.807) is 0 Å². The van der Waals surface area contributed by atoms with Crippen molar-refractivity contribution in [1.29, 1.82) is 0 Å². The van der Waals surface area contributed by atoms with E-state index < -0.39 is 11.9 Å². The maximum atomic E-state index is 11.9. The molecule has 15 heavy (non-hydrogen) atoms. The quantitative estimate of drug-likeness (QED) is 0.740. The van der Waals surface area contributed by atoms with Crippen LogP contribution in [0.4, 0.5) is 0 Å². The molecule has 2 aliphatic rings. The van der Waals surface area contributed by atoms with Crippen LogP contribution >= 0.6 is 0 Å². The first kappa shape index (κ1) is 10.5. The summed E-state index contributed by atoms with van der Waals surface area (Å²) in [4.78, 5) is 24.3. The third-order valence-corrected chi connectivity index (χ3v) is 3.41. The number of likely N-dealkylation sites (tertiary alicyclic amines) is 1. The van der Waals surface area contributed by atoms with Crippen LogP contribution in [0.3, 0.4) is 0 Å². The standard InChI is InChI=1S/C11H17NO3/c1-11(2)3-4-12(6-11)9(13)7-5-8(7)10(14)15/h7-8H,3-6H2,1-2H3,(H,14,15). The van der Waals surface area contributed by atoms with E-state index in [1.807, 2.05) is 4.90 Å². The molecule has 0 bridgehead atoms. The number of carbonyl (C=O) groups excluding carboxylic acids is 1. The molecule has 0 spiro atoms. The summed E-state index contributed by atoms with van der Waals surface area (Å²) in [6, 6.07) is 0. The van der Waals surface area contributed by atoms with E-state index in [1.165, 1.54) is 0 Å². The first-order chi connectivity index (χ1) is 6.91. The zero-order valence-corrected chi connectivity index (χ0v) is 9.19. The van der Waals surface area contributed by atoms with E-state index in [2.05, 4.69) is 13.8 Å². The largest absolute Gasteiger partial charge is 0.481 e. The molecule has 0 aromatic rings. The monoisotopic (exact) mass is 211 g/mol. The Morgan fingerprint density at radius 3 is 2.40 bits per heavy atom. The number of amides is 1. The maximum Gasteiger partial charge on any atom is 0.307 e. The predicted octanol–water partition coefficient (Wildman–Crippen LogP) is 0.966. The van der Waals surface area contributed by atoms with Crippen molar-refractivity contribution in [2.45, 2.75) is 26.7 Å². The van der Waals surface area contributed by atoms with Gasteiger partial charge < -0.3 is 10.0 Å². The lowest BCUT2D eigenvalue weighted by Crippen LogP contribution is -2.32. The molecular formula is C11H17NO3. The Bertz CT molecular complexity index is 311. The van der Waals surface area contributed by atoms with E-state index >= 15 is 0 Å². The summed E-state index contributed by atoms with van der Waals surface area (Å²) in [5.41, 5.74) is 0.198.